The van der Waals surface area contributed by atoms with E-state index in [4.69, 9.17) is 0 Å². The zero-order chi connectivity index (χ0) is 13.5. The molecule has 1 N–H and O–H groups in total. The fourth-order valence-electron chi connectivity index (χ4n) is 2.34. The minimum atomic E-state index is -0.268. The summed E-state index contributed by atoms with van der Waals surface area (Å²) in [6.45, 7) is 5.61. The van der Waals surface area contributed by atoms with Gasteiger partial charge in [0, 0.05) is 12.8 Å². The molecule has 1 fully saturated rings. The molecule has 0 bridgehead atoms. The SMILES string of the molecule is Cc1cc(O)ccc1N1C(=O)CC(C)(C)CC1=O. The van der Waals surface area contributed by atoms with Crippen LogP contribution in [0.5, 0.6) is 5.75 Å². The number of nitrogens with zero attached hydrogens (tertiary/aromatic N) is 1. The number of phenols is 1. The van der Waals surface area contributed by atoms with Crippen molar-refractivity contribution >= 4 is 17.5 Å². The van der Waals surface area contributed by atoms with Crippen LogP contribution in [0.4, 0.5) is 5.69 Å². The number of aryl methyl sites for hydroxylation is 1. The maximum atomic E-state index is 12.1. The molecule has 4 heteroatoms. The molecule has 2 amide bonds. The first-order valence-corrected chi connectivity index (χ1v) is 5.95. The van der Waals surface area contributed by atoms with Crippen molar-refractivity contribution in [3.05, 3.63) is 23.8 Å². The average Bonchev–Trinajstić information content (AvgIpc) is 2.18. The lowest BCUT2D eigenvalue weighted by molar-refractivity contribution is -0.132. The Labute approximate surface area is 106 Å². The maximum absolute atomic E-state index is 12.1. The van der Waals surface area contributed by atoms with Gasteiger partial charge in [0.2, 0.25) is 11.8 Å². The predicted molar refractivity (Wildman–Crippen MR) is 68.4 cm³/mol. The van der Waals surface area contributed by atoms with Gasteiger partial charge in [0.15, 0.2) is 0 Å². The zero-order valence-electron chi connectivity index (χ0n) is 10.9. The first kappa shape index (κ1) is 12.6. The van der Waals surface area contributed by atoms with E-state index in [0.29, 0.717) is 18.5 Å². The lowest BCUT2D eigenvalue weighted by atomic mass is 9.81. The van der Waals surface area contributed by atoms with Gasteiger partial charge < -0.3 is 5.11 Å². The molecule has 96 valence electrons. The van der Waals surface area contributed by atoms with Gasteiger partial charge in [0.25, 0.3) is 0 Å². The molecular weight excluding hydrogens is 230 g/mol. The first-order valence-electron chi connectivity index (χ1n) is 5.95. The van der Waals surface area contributed by atoms with Gasteiger partial charge in [0.05, 0.1) is 5.69 Å². The number of rotatable bonds is 1. The number of phenolic OH excluding ortho intramolecular Hbond substituents is 1. The van der Waals surface area contributed by atoms with Crippen molar-refractivity contribution < 1.29 is 14.7 Å². The van der Waals surface area contributed by atoms with Crippen LogP contribution in [0.3, 0.4) is 0 Å². The molecule has 0 unspecified atom stereocenters. The van der Waals surface area contributed by atoms with Crippen LogP contribution in [0.15, 0.2) is 18.2 Å². The van der Waals surface area contributed by atoms with Gasteiger partial charge in [-0.2, -0.15) is 0 Å². The second kappa shape index (κ2) is 4.12. The van der Waals surface area contributed by atoms with Gasteiger partial charge in [-0.3, -0.25) is 14.5 Å². The lowest BCUT2D eigenvalue weighted by Crippen LogP contribution is -2.46. The van der Waals surface area contributed by atoms with E-state index in [2.05, 4.69) is 0 Å². The van der Waals surface area contributed by atoms with E-state index in [0.717, 1.165) is 5.56 Å². The number of benzene rings is 1. The fourth-order valence-corrected chi connectivity index (χ4v) is 2.34. The number of hydrogen-bond acceptors (Lipinski definition) is 3. The van der Waals surface area contributed by atoms with E-state index >= 15 is 0 Å². The molecule has 1 aliphatic heterocycles. The highest BCUT2D eigenvalue weighted by atomic mass is 16.3. The van der Waals surface area contributed by atoms with Crippen LogP contribution in [0.2, 0.25) is 0 Å². The number of carbonyl (C=O) groups is 2. The Morgan fingerprint density at radius 3 is 2.22 bits per heavy atom. The van der Waals surface area contributed by atoms with Crippen LogP contribution in [0.25, 0.3) is 0 Å². The summed E-state index contributed by atoms with van der Waals surface area (Å²) in [6, 6.07) is 4.65. The van der Waals surface area contributed by atoms with Crippen LogP contribution in [0.1, 0.15) is 32.3 Å². The van der Waals surface area contributed by atoms with Crippen LogP contribution in [0, 0.1) is 12.3 Å². The van der Waals surface area contributed by atoms with E-state index in [1.807, 2.05) is 13.8 Å². The summed E-state index contributed by atoms with van der Waals surface area (Å²) in [5.41, 5.74) is 1.02. The third-order valence-corrected chi connectivity index (χ3v) is 3.18. The number of carbonyl (C=O) groups excluding carboxylic acids is 2. The standard InChI is InChI=1S/C14H17NO3/c1-9-6-10(16)4-5-11(9)15-12(17)7-14(2,3)8-13(15)18/h4-6,16H,7-8H2,1-3H3. The minimum Gasteiger partial charge on any atom is -0.508 e. The molecule has 0 radical (unpaired) electrons. The topological polar surface area (TPSA) is 57.6 Å². The molecule has 1 saturated heterocycles. The molecule has 0 aliphatic carbocycles. The summed E-state index contributed by atoms with van der Waals surface area (Å²) < 4.78 is 0. The van der Waals surface area contributed by atoms with E-state index in [1.54, 1.807) is 19.1 Å². The van der Waals surface area contributed by atoms with Crippen molar-refractivity contribution in [1.82, 2.24) is 0 Å². The Hall–Kier alpha value is -1.84. The van der Waals surface area contributed by atoms with Crippen molar-refractivity contribution in [2.24, 2.45) is 5.41 Å². The van der Waals surface area contributed by atoms with Gasteiger partial charge in [-0.1, -0.05) is 13.8 Å². The van der Waals surface area contributed by atoms with Crippen molar-refractivity contribution in [1.29, 1.82) is 0 Å². The Bertz CT molecular complexity index is 500. The van der Waals surface area contributed by atoms with Gasteiger partial charge in [-0.15, -0.1) is 0 Å². The van der Waals surface area contributed by atoms with Crippen LogP contribution in [-0.2, 0) is 9.59 Å². The van der Waals surface area contributed by atoms with Crippen molar-refractivity contribution in [2.45, 2.75) is 33.6 Å². The lowest BCUT2D eigenvalue weighted by Gasteiger charge is -2.35. The number of imide groups is 1. The van der Waals surface area contributed by atoms with E-state index in [1.165, 1.54) is 11.0 Å². The van der Waals surface area contributed by atoms with Crippen molar-refractivity contribution in [3.63, 3.8) is 0 Å². The smallest absolute Gasteiger partial charge is 0.234 e. The second-order valence-corrected chi connectivity index (χ2v) is 5.61. The summed E-state index contributed by atoms with van der Waals surface area (Å²) in [6.07, 6.45) is 0.720. The van der Waals surface area contributed by atoms with Crippen LogP contribution >= 0.6 is 0 Å². The Morgan fingerprint density at radius 2 is 1.72 bits per heavy atom. The molecule has 1 aromatic carbocycles. The minimum absolute atomic E-state index is 0.133. The number of piperidine rings is 1. The highest BCUT2D eigenvalue weighted by molar-refractivity contribution is 6.17. The normalized spacial score (nSPS) is 19.2. The quantitative estimate of drug-likeness (QED) is 0.775. The zero-order valence-corrected chi connectivity index (χ0v) is 10.9. The Kier molecular flexibility index (Phi) is 2.89. The van der Waals surface area contributed by atoms with Gasteiger partial charge in [-0.05, 0) is 36.1 Å². The summed E-state index contributed by atoms with van der Waals surface area (Å²) in [5.74, 6) is -0.219. The van der Waals surface area contributed by atoms with Gasteiger partial charge in [0.1, 0.15) is 5.75 Å². The highest BCUT2D eigenvalue weighted by Crippen LogP contribution is 2.35. The van der Waals surface area contributed by atoms with Gasteiger partial charge in [-0.25, -0.2) is 0 Å². The fraction of sp³-hybridized carbons (Fsp3) is 0.429. The van der Waals surface area contributed by atoms with Crippen LogP contribution in [-0.4, -0.2) is 16.9 Å². The molecular formula is C14H17NO3. The molecule has 0 aromatic heterocycles. The molecule has 2 rings (SSSR count). The number of hydrogen-bond donors (Lipinski definition) is 1. The van der Waals surface area contributed by atoms with Crippen molar-refractivity contribution in [3.8, 4) is 5.75 Å². The van der Waals surface area contributed by atoms with E-state index in [9.17, 15) is 14.7 Å². The van der Waals surface area contributed by atoms with Crippen molar-refractivity contribution in [2.75, 3.05) is 4.90 Å². The molecule has 0 atom stereocenters. The Morgan fingerprint density at radius 1 is 1.17 bits per heavy atom. The third kappa shape index (κ3) is 2.23. The number of anilines is 1. The number of amides is 2. The van der Waals surface area contributed by atoms with E-state index in [-0.39, 0.29) is 23.0 Å². The molecule has 1 aromatic rings. The first-order chi connectivity index (χ1) is 8.30. The summed E-state index contributed by atoms with van der Waals surface area (Å²) in [7, 11) is 0. The Balaban J connectivity index is 2.39. The van der Waals surface area contributed by atoms with E-state index < -0.39 is 0 Å². The molecule has 18 heavy (non-hydrogen) atoms. The molecule has 0 spiro atoms. The average molecular weight is 247 g/mol. The predicted octanol–water partition coefficient (Wildman–Crippen LogP) is 2.38. The van der Waals surface area contributed by atoms with Gasteiger partial charge >= 0.3 is 0 Å². The summed E-state index contributed by atoms with van der Waals surface area (Å²) in [4.78, 5) is 25.4. The summed E-state index contributed by atoms with van der Waals surface area (Å²) in [5, 5.41) is 9.36. The van der Waals surface area contributed by atoms with Crippen LogP contribution < -0.4 is 4.90 Å². The number of aromatic hydroxyl groups is 1. The third-order valence-electron chi connectivity index (χ3n) is 3.18. The molecule has 1 heterocycles. The monoisotopic (exact) mass is 247 g/mol. The maximum Gasteiger partial charge on any atom is 0.234 e. The highest BCUT2D eigenvalue weighted by Gasteiger charge is 2.38. The largest absolute Gasteiger partial charge is 0.508 e. The summed E-state index contributed by atoms with van der Waals surface area (Å²) >= 11 is 0. The molecule has 0 saturated carbocycles. The second-order valence-electron chi connectivity index (χ2n) is 5.61. The molecule has 1 aliphatic rings. The molecule has 4 nitrogen and oxygen atoms in total.